The molecule has 0 saturated carbocycles. The quantitative estimate of drug-likeness (QED) is 0.729. The number of rotatable bonds is 4. The lowest BCUT2D eigenvalue weighted by Gasteiger charge is -2.03. The average molecular weight is 256 g/mol. The lowest BCUT2D eigenvalue weighted by atomic mass is 10.1. The Kier molecular flexibility index (Phi) is 3.17. The highest BCUT2D eigenvalue weighted by atomic mass is 32.1. The molecule has 0 atom stereocenters. The van der Waals surface area contributed by atoms with Crippen molar-refractivity contribution < 1.29 is 0 Å². The van der Waals surface area contributed by atoms with E-state index in [1.807, 2.05) is 17.5 Å². The molecule has 0 bridgehead atoms. The molecule has 2 aromatic heterocycles. The summed E-state index contributed by atoms with van der Waals surface area (Å²) in [6.45, 7) is 4.01. The van der Waals surface area contributed by atoms with Gasteiger partial charge in [0.2, 0.25) is 0 Å². The summed E-state index contributed by atoms with van der Waals surface area (Å²) in [7, 11) is 0. The average Bonchev–Trinajstić information content (AvgIpc) is 2.97. The van der Waals surface area contributed by atoms with Gasteiger partial charge in [-0.2, -0.15) is 0 Å². The van der Waals surface area contributed by atoms with Gasteiger partial charge in [-0.25, -0.2) is 0 Å². The van der Waals surface area contributed by atoms with Crippen molar-refractivity contribution in [3.63, 3.8) is 0 Å². The zero-order valence-electron chi connectivity index (χ0n) is 10.4. The summed E-state index contributed by atoms with van der Waals surface area (Å²) in [5, 5.41) is 4.77. The molecule has 0 aliphatic carbocycles. The van der Waals surface area contributed by atoms with Gasteiger partial charge in [0.1, 0.15) is 0 Å². The third-order valence-electron chi connectivity index (χ3n) is 3.04. The summed E-state index contributed by atoms with van der Waals surface area (Å²) >= 11 is 1.86. The Labute approximate surface area is 111 Å². The van der Waals surface area contributed by atoms with E-state index in [1.54, 1.807) is 0 Å². The number of aromatic nitrogens is 1. The molecule has 3 heteroatoms. The Morgan fingerprint density at radius 2 is 2.06 bits per heavy atom. The summed E-state index contributed by atoms with van der Waals surface area (Å²) in [5.74, 6) is 0. The van der Waals surface area contributed by atoms with Crippen LogP contribution >= 0.6 is 11.3 Å². The maximum atomic E-state index is 3.49. The first-order valence-electron chi connectivity index (χ1n) is 6.13. The number of nitrogens with one attached hydrogen (secondary N) is 2. The maximum Gasteiger partial charge on any atom is 0.0454 e. The molecular formula is C15H16N2S. The maximum absolute atomic E-state index is 3.49. The van der Waals surface area contributed by atoms with E-state index in [0.29, 0.717) is 0 Å². The number of aromatic amines is 1. The minimum Gasteiger partial charge on any atom is -0.361 e. The van der Waals surface area contributed by atoms with Crippen LogP contribution < -0.4 is 5.32 Å². The highest BCUT2D eigenvalue weighted by Crippen LogP contribution is 2.16. The molecule has 3 rings (SSSR count). The summed E-state index contributed by atoms with van der Waals surface area (Å²) in [4.78, 5) is 5.99. The predicted molar refractivity (Wildman–Crippen MR) is 77.9 cm³/mol. The molecule has 0 fully saturated rings. The number of thiophene rings is 1. The molecule has 18 heavy (non-hydrogen) atoms. The standard InChI is InChI=1S/C15H16N2S/c1-11-2-4-14(18-11)10-16-9-12-3-5-15-13(8-12)6-7-17-15/h2-8,16-17H,9-10H2,1H3. The second kappa shape index (κ2) is 4.96. The van der Waals surface area contributed by atoms with Crippen LogP contribution in [0, 0.1) is 6.92 Å². The number of H-pyrrole nitrogens is 1. The van der Waals surface area contributed by atoms with Crippen molar-refractivity contribution in [2.45, 2.75) is 20.0 Å². The van der Waals surface area contributed by atoms with Crippen molar-refractivity contribution in [2.24, 2.45) is 0 Å². The van der Waals surface area contributed by atoms with Crippen molar-refractivity contribution >= 4 is 22.2 Å². The first kappa shape index (κ1) is 11.5. The number of benzene rings is 1. The summed E-state index contributed by atoms with van der Waals surface area (Å²) in [6, 6.07) is 13.0. The van der Waals surface area contributed by atoms with Gasteiger partial charge in [-0.3, -0.25) is 0 Å². The molecule has 0 aliphatic rings. The molecule has 0 amide bonds. The van der Waals surface area contributed by atoms with Crippen LogP contribution in [0.3, 0.4) is 0 Å². The lowest BCUT2D eigenvalue weighted by Crippen LogP contribution is -2.11. The Bertz CT molecular complexity index is 651. The SMILES string of the molecule is Cc1ccc(CNCc2ccc3[nH]ccc3c2)s1. The molecule has 2 nitrogen and oxygen atoms in total. The van der Waals surface area contributed by atoms with Crippen LogP contribution in [0.5, 0.6) is 0 Å². The largest absolute Gasteiger partial charge is 0.361 e. The first-order valence-corrected chi connectivity index (χ1v) is 6.95. The van der Waals surface area contributed by atoms with E-state index in [2.05, 4.69) is 53.6 Å². The van der Waals surface area contributed by atoms with Crippen molar-refractivity contribution in [1.82, 2.24) is 10.3 Å². The lowest BCUT2D eigenvalue weighted by molar-refractivity contribution is 0.701. The molecule has 3 aromatic rings. The molecule has 0 radical (unpaired) electrons. The Morgan fingerprint density at radius 3 is 2.89 bits per heavy atom. The molecule has 2 heterocycles. The van der Waals surface area contributed by atoms with Crippen molar-refractivity contribution in [3.05, 3.63) is 57.9 Å². The van der Waals surface area contributed by atoms with Crippen LogP contribution in [0.4, 0.5) is 0 Å². The minimum atomic E-state index is 0.915. The van der Waals surface area contributed by atoms with Gasteiger partial charge >= 0.3 is 0 Å². The minimum absolute atomic E-state index is 0.915. The third kappa shape index (κ3) is 2.47. The summed E-state index contributed by atoms with van der Waals surface area (Å²) in [6.07, 6.45) is 1.98. The van der Waals surface area contributed by atoms with Crippen molar-refractivity contribution in [1.29, 1.82) is 0 Å². The van der Waals surface area contributed by atoms with Crippen LogP contribution in [-0.2, 0) is 13.1 Å². The normalized spacial score (nSPS) is 11.2. The van der Waals surface area contributed by atoms with E-state index >= 15 is 0 Å². The number of hydrogen-bond donors (Lipinski definition) is 2. The van der Waals surface area contributed by atoms with Gasteiger partial charge in [-0.1, -0.05) is 6.07 Å². The molecule has 1 aromatic carbocycles. The van der Waals surface area contributed by atoms with E-state index in [1.165, 1.54) is 26.2 Å². The van der Waals surface area contributed by atoms with Gasteiger partial charge < -0.3 is 10.3 Å². The fraction of sp³-hybridized carbons (Fsp3) is 0.200. The van der Waals surface area contributed by atoms with Gasteiger partial charge in [-0.05, 0) is 48.2 Å². The Balaban J connectivity index is 1.62. The molecule has 0 aliphatic heterocycles. The molecule has 0 unspecified atom stereocenters. The van der Waals surface area contributed by atoms with Gasteiger partial charge in [0.05, 0.1) is 0 Å². The van der Waals surface area contributed by atoms with Crippen LogP contribution in [0.15, 0.2) is 42.6 Å². The van der Waals surface area contributed by atoms with E-state index < -0.39 is 0 Å². The zero-order chi connectivity index (χ0) is 12.4. The second-order valence-corrected chi connectivity index (χ2v) is 5.89. The van der Waals surface area contributed by atoms with E-state index in [4.69, 9.17) is 0 Å². The number of hydrogen-bond acceptors (Lipinski definition) is 2. The Hall–Kier alpha value is -1.58. The van der Waals surface area contributed by atoms with Gasteiger partial charge in [0.15, 0.2) is 0 Å². The van der Waals surface area contributed by atoms with E-state index in [-0.39, 0.29) is 0 Å². The van der Waals surface area contributed by atoms with Gasteiger partial charge in [0.25, 0.3) is 0 Å². The number of aryl methyl sites for hydroxylation is 1. The van der Waals surface area contributed by atoms with Crippen LogP contribution in [-0.4, -0.2) is 4.98 Å². The third-order valence-corrected chi connectivity index (χ3v) is 4.04. The summed E-state index contributed by atoms with van der Waals surface area (Å²) < 4.78 is 0. The summed E-state index contributed by atoms with van der Waals surface area (Å²) in [5.41, 5.74) is 2.53. The van der Waals surface area contributed by atoms with Crippen LogP contribution in [0.2, 0.25) is 0 Å². The number of fused-ring (bicyclic) bond motifs is 1. The van der Waals surface area contributed by atoms with Gasteiger partial charge in [-0.15, -0.1) is 11.3 Å². The predicted octanol–water partition coefficient (Wildman–Crippen LogP) is 3.83. The smallest absolute Gasteiger partial charge is 0.0454 e. The van der Waals surface area contributed by atoms with E-state index in [0.717, 1.165) is 13.1 Å². The zero-order valence-corrected chi connectivity index (χ0v) is 11.2. The second-order valence-electron chi connectivity index (χ2n) is 4.52. The Morgan fingerprint density at radius 1 is 1.11 bits per heavy atom. The molecule has 0 spiro atoms. The molecule has 92 valence electrons. The molecule has 2 N–H and O–H groups in total. The van der Waals surface area contributed by atoms with Crippen LogP contribution in [0.25, 0.3) is 10.9 Å². The van der Waals surface area contributed by atoms with E-state index in [9.17, 15) is 0 Å². The van der Waals surface area contributed by atoms with Crippen molar-refractivity contribution in [3.8, 4) is 0 Å². The first-order chi connectivity index (χ1) is 8.81. The highest BCUT2D eigenvalue weighted by molar-refractivity contribution is 7.11. The fourth-order valence-electron chi connectivity index (χ4n) is 2.12. The van der Waals surface area contributed by atoms with Crippen LogP contribution in [0.1, 0.15) is 15.3 Å². The molecule has 0 saturated heterocycles. The highest BCUT2D eigenvalue weighted by Gasteiger charge is 1.99. The molecular weight excluding hydrogens is 240 g/mol. The fourth-order valence-corrected chi connectivity index (χ4v) is 2.98. The van der Waals surface area contributed by atoms with Gasteiger partial charge in [0, 0.05) is 34.6 Å². The topological polar surface area (TPSA) is 27.8 Å². The monoisotopic (exact) mass is 256 g/mol. The van der Waals surface area contributed by atoms with Crippen molar-refractivity contribution in [2.75, 3.05) is 0 Å².